The number of hydrogen-bond donors (Lipinski definition) is 2. The third-order valence-electron chi connectivity index (χ3n) is 4.82. The zero-order valence-electron chi connectivity index (χ0n) is 12.1. The molecule has 0 heterocycles. The highest BCUT2D eigenvalue weighted by Gasteiger charge is 2.46. The van der Waals surface area contributed by atoms with Gasteiger partial charge in [0, 0.05) is 6.61 Å². The summed E-state index contributed by atoms with van der Waals surface area (Å²) < 4.78 is 5.84. The smallest absolute Gasteiger partial charge is 0.238 e. The first kappa shape index (κ1) is 14.8. The van der Waals surface area contributed by atoms with Gasteiger partial charge in [-0.3, -0.25) is 4.79 Å². The van der Waals surface area contributed by atoms with E-state index in [-0.39, 0.29) is 5.91 Å². The fourth-order valence-electron chi connectivity index (χ4n) is 3.38. The fourth-order valence-corrected chi connectivity index (χ4v) is 3.38. The van der Waals surface area contributed by atoms with E-state index in [1.54, 1.807) is 0 Å². The van der Waals surface area contributed by atoms with E-state index in [4.69, 9.17) is 10.5 Å². The highest BCUT2D eigenvalue weighted by molar-refractivity contribution is 5.85. The summed E-state index contributed by atoms with van der Waals surface area (Å²) in [5, 5.41) is 3.43. The van der Waals surface area contributed by atoms with Crippen molar-refractivity contribution in [1.82, 2.24) is 5.32 Å². The Bertz CT molecular complexity index is 305. The second kappa shape index (κ2) is 6.71. The van der Waals surface area contributed by atoms with E-state index in [1.807, 2.05) is 0 Å². The minimum Gasteiger partial charge on any atom is -0.378 e. The molecule has 2 atom stereocenters. The second-order valence-corrected chi connectivity index (χ2v) is 6.06. The summed E-state index contributed by atoms with van der Waals surface area (Å²) in [7, 11) is 0. The summed E-state index contributed by atoms with van der Waals surface area (Å²) >= 11 is 0. The summed E-state index contributed by atoms with van der Waals surface area (Å²) in [5.74, 6) is 0.170. The first-order valence-electron chi connectivity index (χ1n) is 7.85. The molecule has 0 aromatic carbocycles. The molecule has 0 spiro atoms. The molecule has 3 N–H and O–H groups in total. The van der Waals surface area contributed by atoms with Gasteiger partial charge in [0.1, 0.15) is 5.54 Å². The third-order valence-corrected chi connectivity index (χ3v) is 4.82. The Kier molecular flexibility index (Phi) is 5.22. The Hall–Kier alpha value is -0.610. The lowest BCUT2D eigenvalue weighted by atomic mass is 9.84. The van der Waals surface area contributed by atoms with Crippen molar-refractivity contribution in [1.29, 1.82) is 0 Å². The molecule has 2 fully saturated rings. The van der Waals surface area contributed by atoms with Crippen LogP contribution in [-0.2, 0) is 9.53 Å². The molecule has 19 heavy (non-hydrogen) atoms. The van der Waals surface area contributed by atoms with Crippen LogP contribution in [-0.4, -0.2) is 30.7 Å². The SMILES string of the molecule is CCCNC1(C(N)=O)CCCC1CCOC1CCC1. The van der Waals surface area contributed by atoms with Crippen molar-refractivity contribution in [2.75, 3.05) is 13.2 Å². The maximum absolute atomic E-state index is 11.9. The topological polar surface area (TPSA) is 64.3 Å². The number of ether oxygens (including phenoxy) is 1. The molecule has 0 saturated heterocycles. The molecule has 2 unspecified atom stereocenters. The molecular weight excluding hydrogens is 240 g/mol. The number of hydrogen-bond acceptors (Lipinski definition) is 3. The lowest BCUT2D eigenvalue weighted by Gasteiger charge is -2.34. The monoisotopic (exact) mass is 268 g/mol. The molecule has 2 aliphatic carbocycles. The number of carbonyl (C=O) groups excluding carboxylic acids is 1. The van der Waals surface area contributed by atoms with Gasteiger partial charge in [-0.1, -0.05) is 13.3 Å². The van der Waals surface area contributed by atoms with Crippen molar-refractivity contribution in [3.05, 3.63) is 0 Å². The predicted molar refractivity (Wildman–Crippen MR) is 75.8 cm³/mol. The van der Waals surface area contributed by atoms with E-state index in [1.165, 1.54) is 19.3 Å². The Morgan fingerprint density at radius 2 is 2.16 bits per heavy atom. The highest BCUT2D eigenvalue weighted by atomic mass is 16.5. The van der Waals surface area contributed by atoms with Gasteiger partial charge in [-0.15, -0.1) is 0 Å². The van der Waals surface area contributed by atoms with Crippen LogP contribution in [0.2, 0.25) is 0 Å². The maximum atomic E-state index is 11.9. The Labute approximate surface area is 116 Å². The normalized spacial score (nSPS) is 31.3. The zero-order valence-corrected chi connectivity index (χ0v) is 12.1. The van der Waals surface area contributed by atoms with Crippen LogP contribution in [0.25, 0.3) is 0 Å². The van der Waals surface area contributed by atoms with Gasteiger partial charge in [0.15, 0.2) is 0 Å². The van der Waals surface area contributed by atoms with Crippen LogP contribution in [0.3, 0.4) is 0 Å². The largest absolute Gasteiger partial charge is 0.378 e. The second-order valence-electron chi connectivity index (χ2n) is 6.06. The van der Waals surface area contributed by atoms with E-state index < -0.39 is 5.54 Å². The number of nitrogens with two attached hydrogens (primary N) is 1. The molecule has 2 aliphatic rings. The summed E-state index contributed by atoms with van der Waals surface area (Å²) in [6, 6.07) is 0. The number of rotatable bonds is 8. The number of amides is 1. The quantitative estimate of drug-likeness (QED) is 0.707. The fraction of sp³-hybridized carbons (Fsp3) is 0.933. The summed E-state index contributed by atoms with van der Waals surface area (Å²) in [6.07, 6.45) is 9.25. The number of primary amides is 1. The third kappa shape index (κ3) is 3.29. The van der Waals surface area contributed by atoms with Crippen molar-refractivity contribution in [3.63, 3.8) is 0 Å². The van der Waals surface area contributed by atoms with Gasteiger partial charge in [-0.2, -0.15) is 0 Å². The van der Waals surface area contributed by atoms with Gasteiger partial charge in [0.25, 0.3) is 0 Å². The van der Waals surface area contributed by atoms with Crippen molar-refractivity contribution < 1.29 is 9.53 Å². The van der Waals surface area contributed by atoms with E-state index in [0.29, 0.717) is 12.0 Å². The van der Waals surface area contributed by atoms with Crippen molar-refractivity contribution in [2.45, 2.75) is 69.9 Å². The molecule has 0 aromatic heterocycles. The van der Waals surface area contributed by atoms with Crippen molar-refractivity contribution >= 4 is 5.91 Å². The van der Waals surface area contributed by atoms with E-state index in [0.717, 1.165) is 45.3 Å². The molecule has 2 rings (SSSR count). The molecule has 0 bridgehead atoms. The molecule has 1 amide bonds. The van der Waals surface area contributed by atoms with Gasteiger partial charge >= 0.3 is 0 Å². The van der Waals surface area contributed by atoms with E-state index >= 15 is 0 Å². The van der Waals surface area contributed by atoms with Crippen LogP contribution in [0, 0.1) is 5.92 Å². The minimum atomic E-state index is -0.473. The lowest BCUT2D eigenvalue weighted by molar-refractivity contribution is -0.126. The molecule has 0 aromatic rings. The van der Waals surface area contributed by atoms with Crippen LogP contribution in [0.15, 0.2) is 0 Å². The van der Waals surface area contributed by atoms with Crippen molar-refractivity contribution in [3.8, 4) is 0 Å². The van der Waals surface area contributed by atoms with Gasteiger partial charge in [-0.25, -0.2) is 0 Å². The summed E-state index contributed by atoms with van der Waals surface area (Å²) in [5.41, 5.74) is 5.22. The molecule has 110 valence electrons. The first-order valence-corrected chi connectivity index (χ1v) is 7.85. The van der Waals surface area contributed by atoms with Crippen LogP contribution in [0.5, 0.6) is 0 Å². The molecule has 4 nitrogen and oxygen atoms in total. The van der Waals surface area contributed by atoms with Gasteiger partial charge in [-0.05, 0) is 57.4 Å². The average molecular weight is 268 g/mol. The highest BCUT2D eigenvalue weighted by Crippen LogP contribution is 2.38. The Balaban J connectivity index is 1.86. The Morgan fingerprint density at radius 1 is 1.37 bits per heavy atom. The first-order chi connectivity index (χ1) is 9.19. The molecule has 0 aliphatic heterocycles. The zero-order chi connectivity index (χ0) is 13.7. The minimum absolute atomic E-state index is 0.174. The maximum Gasteiger partial charge on any atom is 0.238 e. The van der Waals surface area contributed by atoms with Crippen molar-refractivity contribution in [2.24, 2.45) is 11.7 Å². The molecular formula is C15H28N2O2. The van der Waals surface area contributed by atoms with E-state index in [2.05, 4.69) is 12.2 Å². The summed E-state index contributed by atoms with van der Waals surface area (Å²) in [6.45, 7) is 3.76. The molecule has 0 radical (unpaired) electrons. The van der Waals surface area contributed by atoms with Crippen LogP contribution < -0.4 is 11.1 Å². The van der Waals surface area contributed by atoms with Crippen LogP contribution in [0.4, 0.5) is 0 Å². The van der Waals surface area contributed by atoms with Crippen LogP contribution >= 0.6 is 0 Å². The number of carbonyl (C=O) groups is 1. The standard InChI is InChI=1S/C15H28N2O2/c1-2-10-17-15(14(16)18)9-4-5-12(15)8-11-19-13-6-3-7-13/h12-13,17H,2-11H2,1H3,(H2,16,18). The number of nitrogens with one attached hydrogen (secondary N) is 1. The average Bonchev–Trinajstić information content (AvgIpc) is 2.74. The Morgan fingerprint density at radius 3 is 2.74 bits per heavy atom. The van der Waals surface area contributed by atoms with Gasteiger partial charge in [0.05, 0.1) is 6.10 Å². The molecule has 2 saturated carbocycles. The van der Waals surface area contributed by atoms with E-state index in [9.17, 15) is 4.79 Å². The predicted octanol–water partition coefficient (Wildman–Crippen LogP) is 1.97. The van der Waals surface area contributed by atoms with Gasteiger partial charge < -0.3 is 15.8 Å². The lowest BCUT2D eigenvalue weighted by Crippen LogP contribution is -2.58. The van der Waals surface area contributed by atoms with Crippen LogP contribution in [0.1, 0.15) is 58.3 Å². The molecule has 4 heteroatoms. The van der Waals surface area contributed by atoms with Gasteiger partial charge in [0.2, 0.25) is 5.91 Å². The summed E-state index contributed by atoms with van der Waals surface area (Å²) in [4.78, 5) is 11.9.